The van der Waals surface area contributed by atoms with Crippen molar-refractivity contribution in [1.29, 1.82) is 0 Å². The number of aromatic hydroxyl groups is 1. The van der Waals surface area contributed by atoms with Crippen LogP contribution >= 0.6 is 12.2 Å². The fourth-order valence-corrected chi connectivity index (χ4v) is 3.05. The lowest BCUT2D eigenvalue weighted by Crippen LogP contribution is -2.04. The maximum Gasteiger partial charge on any atom is 0.220 e. The molecule has 0 atom stereocenters. The van der Waals surface area contributed by atoms with Crippen LogP contribution in [0.4, 0.5) is 11.4 Å². The maximum absolute atomic E-state index is 10.5. The first-order chi connectivity index (χ1) is 12.6. The molecule has 0 spiro atoms. The number of anilines is 1. The van der Waals surface area contributed by atoms with Crippen LogP contribution in [0.5, 0.6) is 5.88 Å². The lowest BCUT2D eigenvalue weighted by molar-refractivity contribution is 0.421. The quantitative estimate of drug-likeness (QED) is 0.443. The van der Waals surface area contributed by atoms with Crippen LogP contribution in [0.15, 0.2) is 58.8 Å². The second kappa shape index (κ2) is 8.10. The van der Waals surface area contributed by atoms with Crippen LogP contribution in [0.1, 0.15) is 25.8 Å². The van der Waals surface area contributed by atoms with Gasteiger partial charge < -0.3 is 15.0 Å². The minimum Gasteiger partial charge on any atom is -0.493 e. The molecule has 134 valence electrons. The molecule has 0 saturated carbocycles. The Kier molecular flexibility index (Phi) is 5.63. The zero-order chi connectivity index (χ0) is 18.5. The number of hydrogen-bond donors (Lipinski definition) is 2. The van der Waals surface area contributed by atoms with Gasteiger partial charge in [-0.25, -0.2) is 0 Å². The van der Waals surface area contributed by atoms with E-state index in [-0.39, 0.29) is 11.0 Å². The third-order valence-electron chi connectivity index (χ3n) is 4.22. The van der Waals surface area contributed by atoms with Crippen molar-refractivity contribution in [3.63, 3.8) is 0 Å². The number of aromatic nitrogens is 1. The highest BCUT2D eigenvalue weighted by atomic mass is 32.1. The van der Waals surface area contributed by atoms with Crippen molar-refractivity contribution in [3.05, 3.63) is 54.1 Å². The molecule has 0 aliphatic carbocycles. The molecular weight excluding hydrogens is 344 g/mol. The first-order valence-electron chi connectivity index (χ1n) is 8.75. The standard InChI is InChI=1S/C20H22N4OS/c1-3-13-24-17-8-6-5-7-16(17)18(19(24)25)22-23-20(26)21-15-11-9-14(4-2)10-12-15/h5-12,25H,3-4,13H2,1-2H3,(H,21,26). The number of fused-ring (bicyclic) bond motifs is 1. The Balaban J connectivity index is 1.83. The van der Waals surface area contributed by atoms with Gasteiger partial charge in [0.25, 0.3) is 0 Å². The molecule has 0 aliphatic rings. The zero-order valence-electron chi connectivity index (χ0n) is 14.9. The Morgan fingerprint density at radius 3 is 2.54 bits per heavy atom. The Bertz CT molecular complexity index is 944. The van der Waals surface area contributed by atoms with Crippen molar-refractivity contribution in [2.75, 3.05) is 5.32 Å². The second-order valence-corrected chi connectivity index (χ2v) is 6.41. The molecule has 0 fully saturated rings. The second-order valence-electron chi connectivity index (χ2n) is 6.02. The van der Waals surface area contributed by atoms with Crippen molar-refractivity contribution in [3.8, 4) is 5.88 Å². The number of aryl methyl sites for hydroxylation is 2. The van der Waals surface area contributed by atoms with Gasteiger partial charge in [-0.1, -0.05) is 44.2 Å². The van der Waals surface area contributed by atoms with Crippen molar-refractivity contribution in [2.24, 2.45) is 10.2 Å². The van der Waals surface area contributed by atoms with Gasteiger partial charge in [0, 0.05) is 17.6 Å². The molecule has 0 radical (unpaired) electrons. The molecule has 3 aromatic rings. The first kappa shape index (κ1) is 18.1. The minimum absolute atomic E-state index is 0.117. The van der Waals surface area contributed by atoms with Crippen LogP contribution in [-0.4, -0.2) is 14.8 Å². The van der Waals surface area contributed by atoms with Crippen LogP contribution in [0.3, 0.4) is 0 Å². The predicted octanol–water partition coefficient (Wildman–Crippen LogP) is 5.80. The van der Waals surface area contributed by atoms with Gasteiger partial charge in [0.05, 0.1) is 5.52 Å². The summed E-state index contributed by atoms with van der Waals surface area (Å²) in [7, 11) is 0. The van der Waals surface area contributed by atoms with E-state index in [9.17, 15) is 5.11 Å². The molecule has 2 N–H and O–H groups in total. The predicted molar refractivity (Wildman–Crippen MR) is 110 cm³/mol. The molecule has 0 aliphatic heterocycles. The average Bonchev–Trinajstić information content (AvgIpc) is 2.93. The smallest absolute Gasteiger partial charge is 0.220 e. The molecular formula is C20H22N4OS. The van der Waals surface area contributed by atoms with Crippen molar-refractivity contribution < 1.29 is 5.11 Å². The lowest BCUT2D eigenvalue weighted by Gasteiger charge is -2.04. The Hall–Kier alpha value is -2.73. The summed E-state index contributed by atoms with van der Waals surface area (Å²) in [5.74, 6) is 0.117. The fraction of sp³-hybridized carbons (Fsp3) is 0.250. The molecule has 3 rings (SSSR count). The van der Waals surface area contributed by atoms with Gasteiger partial charge in [-0.15, -0.1) is 10.2 Å². The SMILES string of the molecule is CCCn1c(O)c(N=NC(=S)Nc2ccc(CC)cc2)c2ccccc21. The number of benzene rings is 2. The van der Waals surface area contributed by atoms with Gasteiger partial charge >= 0.3 is 0 Å². The first-order valence-corrected chi connectivity index (χ1v) is 9.16. The normalized spacial score (nSPS) is 11.3. The Morgan fingerprint density at radius 2 is 1.85 bits per heavy atom. The Morgan fingerprint density at radius 1 is 1.12 bits per heavy atom. The third kappa shape index (κ3) is 3.75. The molecule has 0 saturated heterocycles. The van der Waals surface area contributed by atoms with Gasteiger partial charge in [-0.2, -0.15) is 0 Å². The van der Waals surface area contributed by atoms with E-state index in [2.05, 4.69) is 29.4 Å². The van der Waals surface area contributed by atoms with Crippen LogP contribution < -0.4 is 5.32 Å². The third-order valence-corrected chi connectivity index (χ3v) is 4.40. The van der Waals surface area contributed by atoms with E-state index in [0.29, 0.717) is 12.2 Å². The summed E-state index contributed by atoms with van der Waals surface area (Å²) >= 11 is 5.26. The maximum atomic E-state index is 10.5. The summed E-state index contributed by atoms with van der Waals surface area (Å²) in [6.07, 6.45) is 1.90. The number of azo groups is 1. The lowest BCUT2D eigenvalue weighted by atomic mass is 10.1. The van der Waals surface area contributed by atoms with Crippen LogP contribution in [0.2, 0.25) is 0 Å². The Labute approximate surface area is 158 Å². The van der Waals surface area contributed by atoms with E-state index in [0.717, 1.165) is 29.4 Å². The highest BCUT2D eigenvalue weighted by molar-refractivity contribution is 7.80. The molecule has 6 heteroatoms. The molecule has 0 unspecified atom stereocenters. The fourth-order valence-electron chi connectivity index (χ4n) is 2.89. The number of hydrogen-bond acceptors (Lipinski definition) is 3. The van der Waals surface area contributed by atoms with E-state index < -0.39 is 0 Å². The van der Waals surface area contributed by atoms with Crippen LogP contribution in [0.25, 0.3) is 10.9 Å². The van der Waals surface area contributed by atoms with E-state index in [4.69, 9.17) is 12.2 Å². The van der Waals surface area contributed by atoms with Gasteiger partial charge in [0.15, 0.2) is 5.69 Å². The zero-order valence-corrected chi connectivity index (χ0v) is 15.8. The van der Waals surface area contributed by atoms with Gasteiger partial charge in [0.1, 0.15) is 0 Å². The van der Waals surface area contributed by atoms with Gasteiger partial charge in [-0.05, 0) is 48.8 Å². The summed E-state index contributed by atoms with van der Waals surface area (Å²) in [6.45, 7) is 4.90. The molecule has 0 amide bonds. The van der Waals surface area contributed by atoms with Gasteiger partial charge in [0.2, 0.25) is 11.0 Å². The molecule has 2 aromatic carbocycles. The van der Waals surface area contributed by atoms with E-state index in [1.54, 1.807) is 0 Å². The highest BCUT2D eigenvalue weighted by Gasteiger charge is 2.15. The summed E-state index contributed by atoms with van der Waals surface area (Å²) in [6, 6.07) is 15.8. The van der Waals surface area contributed by atoms with E-state index in [1.165, 1.54) is 5.56 Å². The summed E-state index contributed by atoms with van der Waals surface area (Å²) in [4.78, 5) is 0. The number of rotatable bonds is 5. The number of para-hydroxylation sites is 1. The number of nitrogens with zero attached hydrogens (tertiary/aromatic N) is 3. The summed E-state index contributed by atoms with van der Waals surface area (Å²) in [5.41, 5.74) is 3.51. The van der Waals surface area contributed by atoms with Crippen molar-refractivity contribution in [2.45, 2.75) is 33.2 Å². The van der Waals surface area contributed by atoms with Crippen LogP contribution in [-0.2, 0) is 13.0 Å². The summed E-state index contributed by atoms with van der Waals surface area (Å²) in [5, 5.41) is 23.0. The topological polar surface area (TPSA) is 61.9 Å². The summed E-state index contributed by atoms with van der Waals surface area (Å²) < 4.78 is 1.85. The average molecular weight is 366 g/mol. The highest BCUT2D eigenvalue weighted by Crippen LogP contribution is 2.38. The van der Waals surface area contributed by atoms with E-state index >= 15 is 0 Å². The molecule has 1 heterocycles. The van der Waals surface area contributed by atoms with E-state index in [1.807, 2.05) is 53.1 Å². The number of nitrogens with one attached hydrogen (secondary N) is 1. The molecule has 5 nitrogen and oxygen atoms in total. The molecule has 26 heavy (non-hydrogen) atoms. The number of thiocarbonyl (C=S) groups is 1. The van der Waals surface area contributed by atoms with Gasteiger partial charge in [-0.3, -0.25) is 0 Å². The van der Waals surface area contributed by atoms with Crippen LogP contribution in [0, 0.1) is 0 Å². The minimum atomic E-state index is 0.117. The monoisotopic (exact) mass is 366 g/mol. The van der Waals surface area contributed by atoms with Crippen molar-refractivity contribution in [1.82, 2.24) is 4.57 Å². The largest absolute Gasteiger partial charge is 0.493 e. The molecule has 1 aromatic heterocycles. The van der Waals surface area contributed by atoms with Crippen molar-refractivity contribution >= 4 is 39.6 Å². The molecule has 0 bridgehead atoms.